The predicted molar refractivity (Wildman–Crippen MR) is 124 cm³/mol. The molecule has 4 rings (SSSR count). The van der Waals surface area contributed by atoms with Crippen LogP contribution in [0, 0.1) is 5.92 Å². The molecule has 27 heavy (non-hydrogen) atoms. The van der Waals surface area contributed by atoms with E-state index in [4.69, 9.17) is 11.6 Å². The second-order valence-electron chi connectivity index (χ2n) is 8.30. The highest BCUT2D eigenvalue weighted by molar-refractivity contribution is 14.0. The zero-order chi connectivity index (χ0) is 18.0. The molecule has 0 radical (unpaired) electrons. The standard InChI is InChI=1S/C21H31ClN4.HI/c1-23-20(26-12-7-17(15-26)14-25-10-2-3-11-25)24-16-21(8-9-21)18-5-4-6-19(22)13-18;/h4-6,13,17H,2-3,7-12,14-16H2,1H3,(H,23,24);1H. The van der Waals surface area contributed by atoms with Gasteiger partial charge in [-0.05, 0) is 68.8 Å². The van der Waals surface area contributed by atoms with Gasteiger partial charge in [-0.2, -0.15) is 0 Å². The highest BCUT2D eigenvalue weighted by atomic mass is 127. The van der Waals surface area contributed by atoms with Crippen molar-refractivity contribution < 1.29 is 0 Å². The molecule has 1 aliphatic carbocycles. The topological polar surface area (TPSA) is 30.9 Å². The minimum absolute atomic E-state index is 0. The molecule has 6 heteroatoms. The number of guanidine groups is 1. The molecule has 2 saturated heterocycles. The average molecular weight is 503 g/mol. The molecule has 0 aromatic heterocycles. The van der Waals surface area contributed by atoms with Crippen molar-refractivity contribution >= 4 is 41.5 Å². The fourth-order valence-corrected chi connectivity index (χ4v) is 4.81. The maximum atomic E-state index is 6.20. The molecule has 4 nitrogen and oxygen atoms in total. The third-order valence-electron chi connectivity index (χ3n) is 6.39. The van der Waals surface area contributed by atoms with Crippen LogP contribution < -0.4 is 5.32 Å². The lowest BCUT2D eigenvalue weighted by Crippen LogP contribution is -2.43. The summed E-state index contributed by atoms with van der Waals surface area (Å²) < 4.78 is 0. The van der Waals surface area contributed by atoms with E-state index in [1.54, 1.807) is 0 Å². The number of aliphatic imine (C=N–C) groups is 1. The van der Waals surface area contributed by atoms with E-state index in [2.05, 4.69) is 38.3 Å². The summed E-state index contributed by atoms with van der Waals surface area (Å²) in [5.41, 5.74) is 1.61. The molecule has 1 atom stereocenters. The summed E-state index contributed by atoms with van der Waals surface area (Å²) in [6.45, 7) is 7.08. The molecular formula is C21H32ClIN4. The first kappa shape index (κ1) is 21.2. The first-order valence-electron chi connectivity index (χ1n) is 10.1. The van der Waals surface area contributed by atoms with Crippen LogP contribution in [0.2, 0.25) is 5.02 Å². The molecule has 2 aliphatic heterocycles. The molecule has 1 N–H and O–H groups in total. The van der Waals surface area contributed by atoms with Crippen LogP contribution in [-0.4, -0.2) is 62.1 Å². The largest absolute Gasteiger partial charge is 0.355 e. The predicted octanol–water partition coefficient (Wildman–Crippen LogP) is 3.98. The zero-order valence-electron chi connectivity index (χ0n) is 16.3. The molecule has 1 unspecified atom stereocenters. The molecule has 2 heterocycles. The van der Waals surface area contributed by atoms with Crippen molar-refractivity contribution in [3.63, 3.8) is 0 Å². The van der Waals surface area contributed by atoms with Gasteiger partial charge in [0, 0.05) is 43.7 Å². The van der Waals surface area contributed by atoms with Crippen molar-refractivity contribution in [2.75, 3.05) is 46.3 Å². The molecule has 150 valence electrons. The number of nitrogens with one attached hydrogen (secondary N) is 1. The summed E-state index contributed by atoms with van der Waals surface area (Å²) in [7, 11) is 1.91. The van der Waals surface area contributed by atoms with Gasteiger partial charge >= 0.3 is 0 Å². The van der Waals surface area contributed by atoms with E-state index in [0.29, 0.717) is 0 Å². The van der Waals surface area contributed by atoms with Crippen LogP contribution in [-0.2, 0) is 5.41 Å². The van der Waals surface area contributed by atoms with Gasteiger partial charge < -0.3 is 15.1 Å². The Hall–Kier alpha value is -0.530. The van der Waals surface area contributed by atoms with Crippen LogP contribution in [0.1, 0.15) is 37.7 Å². The fourth-order valence-electron chi connectivity index (χ4n) is 4.62. The van der Waals surface area contributed by atoms with Crippen molar-refractivity contribution in [2.45, 2.75) is 37.5 Å². The van der Waals surface area contributed by atoms with E-state index in [9.17, 15) is 0 Å². The maximum Gasteiger partial charge on any atom is 0.193 e. The van der Waals surface area contributed by atoms with Gasteiger partial charge in [-0.25, -0.2) is 0 Å². The van der Waals surface area contributed by atoms with E-state index >= 15 is 0 Å². The Bertz CT molecular complexity index is 655. The number of halogens is 2. The van der Waals surface area contributed by atoms with E-state index in [1.807, 2.05) is 13.1 Å². The van der Waals surface area contributed by atoms with Crippen LogP contribution in [0.4, 0.5) is 0 Å². The van der Waals surface area contributed by atoms with Gasteiger partial charge in [-0.3, -0.25) is 4.99 Å². The Balaban J connectivity index is 0.00000210. The SMILES string of the molecule is CN=C(NCC1(c2cccc(Cl)c2)CC1)N1CCC(CN2CCCC2)C1.I. The first-order valence-corrected chi connectivity index (χ1v) is 10.5. The summed E-state index contributed by atoms with van der Waals surface area (Å²) in [5, 5.41) is 4.50. The Morgan fingerprint density at radius 3 is 2.70 bits per heavy atom. The lowest BCUT2D eigenvalue weighted by Gasteiger charge is -2.25. The average Bonchev–Trinajstić information content (AvgIpc) is 3.03. The molecule has 1 aromatic carbocycles. The fraction of sp³-hybridized carbons (Fsp3) is 0.667. The lowest BCUT2D eigenvalue weighted by atomic mass is 9.96. The maximum absolute atomic E-state index is 6.20. The van der Waals surface area contributed by atoms with Gasteiger partial charge in [0.1, 0.15) is 0 Å². The van der Waals surface area contributed by atoms with Gasteiger partial charge in [0.15, 0.2) is 5.96 Å². The third kappa shape index (κ3) is 5.10. The molecule has 3 fully saturated rings. The van der Waals surface area contributed by atoms with Gasteiger partial charge in [-0.15, -0.1) is 24.0 Å². The summed E-state index contributed by atoms with van der Waals surface area (Å²) in [4.78, 5) is 9.66. The Morgan fingerprint density at radius 1 is 1.26 bits per heavy atom. The van der Waals surface area contributed by atoms with Crippen LogP contribution in [0.15, 0.2) is 29.3 Å². The molecular weight excluding hydrogens is 471 g/mol. The van der Waals surface area contributed by atoms with Crippen LogP contribution in [0.5, 0.6) is 0 Å². The molecule has 0 spiro atoms. The normalized spacial score (nSPS) is 24.7. The van der Waals surface area contributed by atoms with Gasteiger partial charge in [0.2, 0.25) is 0 Å². The molecule has 1 aromatic rings. The third-order valence-corrected chi connectivity index (χ3v) is 6.62. The zero-order valence-corrected chi connectivity index (χ0v) is 19.4. The Labute approximate surface area is 185 Å². The molecule has 0 amide bonds. The summed E-state index contributed by atoms with van der Waals surface area (Å²) in [6.07, 6.45) is 6.51. The van der Waals surface area contributed by atoms with Gasteiger partial charge in [0.05, 0.1) is 0 Å². The van der Waals surface area contributed by atoms with Crippen molar-refractivity contribution in [3.8, 4) is 0 Å². The number of hydrogen-bond donors (Lipinski definition) is 1. The van der Waals surface area contributed by atoms with E-state index < -0.39 is 0 Å². The van der Waals surface area contributed by atoms with Crippen LogP contribution in [0.25, 0.3) is 0 Å². The second-order valence-corrected chi connectivity index (χ2v) is 8.74. The molecule has 1 saturated carbocycles. The Morgan fingerprint density at radius 2 is 2.04 bits per heavy atom. The second kappa shape index (κ2) is 9.31. The van der Waals surface area contributed by atoms with E-state index in [-0.39, 0.29) is 29.4 Å². The highest BCUT2D eigenvalue weighted by Gasteiger charge is 2.44. The number of benzene rings is 1. The summed E-state index contributed by atoms with van der Waals surface area (Å²) in [6, 6.07) is 8.36. The molecule has 3 aliphatic rings. The summed E-state index contributed by atoms with van der Waals surface area (Å²) in [5.74, 6) is 1.86. The number of hydrogen-bond acceptors (Lipinski definition) is 2. The highest BCUT2D eigenvalue weighted by Crippen LogP contribution is 2.48. The first-order chi connectivity index (χ1) is 12.7. The lowest BCUT2D eigenvalue weighted by molar-refractivity contribution is 0.281. The monoisotopic (exact) mass is 502 g/mol. The minimum Gasteiger partial charge on any atom is -0.355 e. The minimum atomic E-state index is 0. The Kier molecular flexibility index (Phi) is 7.31. The van der Waals surface area contributed by atoms with Crippen molar-refractivity contribution in [1.29, 1.82) is 0 Å². The molecule has 0 bridgehead atoms. The van der Waals surface area contributed by atoms with E-state index in [0.717, 1.165) is 36.5 Å². The van der Waals surface area contributed by atoms with Gasteiger partial charge in [0.25, 0.3) is 0 Å². The van der Waals surface area contributed by atoms with Crippen molar-refractivity contribution in [3.05, 3.63) is 34.9 Å². The smallest absolute Gasteiger partial charge is 0.193 e. The van der Waals surface area contributed by atoms with Gasteiger partial charge in [-0.1, -0.05) is 23.7 Å². The van der Waals surface area contributed by atoms with Crippen LogP contribution in [0.3, 0.4) is 0 Å². The van der Waals surface area contributed by atoms with E-state index in [1.165, 1.54) is 57.3 Å². The number of likely N-dealkylation sites (tertiary alicyclic amines) is 2. The number of rotatable bonds is 5. The summed E-state index contributed by atoms with van der Waals surface area (Å²) >= 11 is 6.20. The van der Waals surface area contributed by atoms with Crippen molar-refractivity contribution in [2.24, 2.45) is 10.9 Å². The number of nitrogens with zero attached hydrogens (tertiary/aromatic N) is 3. The van der Waals surface area contributed by atoms with Crippen molar-refractivity contribution in [1.82, 2.24) is 15.1 Å². The van der Waals surface area contributed by atoms with Crippen LogP contribution >= 0.6 is 35.6 Å². The quantitative estimate of drug-likeness (QED) is 0.375.